The smallest absolute Gasteiger partial charge is 0.119 e. The highest BCUT2D eigenvalue weighted by atomic mass is 16.5. The van der Waals surface area contributed by atoms with E-state index in [0.29, 0.717) is 0 Å². The quantitative estimate of drug-likeness (QED) is 0.294. The van der Waals surface area contributed by atoms with Gasteiger partial charge in [-0.1, -0.05) is 63.4 Å². The van der Waals surface area contributed by atoms with Gasteiger partial charge in [-0.3, -0.25) is 4.98 Å². The highest BCUT2D eigenvalue weighted by Crippen LogP contribution is 2.21. The maximum atomic E-state index is 5.66. The van der Waals surface area contributed by atoms with Crippen LogP contribution in [-0.4, -0.2) is 11.6 Å². The number of unbranched alkanes of at least 4 members (excludes halogenated alkanes) is 3. The van der Waals surface area contributed by atoms with Crippen LogP contribution in [0.2, 0.25) is 0 Å². The summed E-state index contributed by atoms with van der Waals surface area (Å²) < 4.78 is 5.66. The Morgan fingerprint density at radius 3 is 1.93 bits per heavy atom. The number of rotatable bonds is 12. The second kappa shape index (κ2) is 12.2. The number of benzene rings is 2. The molecule has 0 radical (unpaired) electrons. The Morgan fingerprint density at radius 2 is 1.30 bits per heavy atom. The van der Waals surface area contributed by atoms with Crippen LogP contribution in [0.15, 0.2) is 66.9 Å². The molecule has 3 rings (SSSR count). The largest absolute Gasteiger partial charge is 0.494 e. The van der Waals surface area contributed by atoms with Gasteiger partial charge in [0.15, 0.2) is 0 Å². The molecule has 2 aromatic carbocycles. The Bertz CT molecular complexity index is 851. The number of ether oxygens (including phenoxy) is 1. The van der Waals surface area contributed by atoms with Gasteiger partial charge in [0, 0.05) is 11.8 Å². The fraction of sp³-hybridized carbons (Fsp3) is 0.393. The molecule has 1 aromatic heterocycles. The normalized spacial score (nSPS) is 10.9. The average molecular weight is 402 g/mol. The van der Waals surface area contributed by atoms with Gasteiger partial charge in [0.1, 0.15) is 5.75 Å². The van der Waals surface area contributed by atoms with E-state index in [2.05, 4.69) is 67.4 Å². The summed E-state index contributed by atoms with van der Waals surface area (Å²) in [6.45, 7) is 5.14. The van der Waals surface area contributed by atoms with Crippen molar-refractivity contribution in [1.82, 2.24) is 4.98 Å². The van der Waals surface area contributed by atoms with E-state index in [9.17, 15) is 0 Å². The first-order chi connectivity index (χ1) is 14.8. The van der Waals surface area contributed by atoms with Crippen molar-refractivity contribution in [1.29, 1.82) is 0 Å². The molecule has 3 aromatic rings. The molecule has 0 amide bonds. The minimum absolute atomic E-state index is 0.758. The summed E-state index contributed by atoms with van der Waals surface area (Å²) in [6.07, 6.45) is 11.6. The first kappa shape index (κ1) is 22.1. The molecule has 0 unspecified atom stereocenters. The van der Waals surface area contributed by atoms with Gasteiger partial charge in [-0.15, -0.1) is 0 Å². The summed E-state index contributed by atoms with van der Waals surface area (Å²) in [7, 11) is 0. The summed E-state index contributed by atoms with van der Waals surface area (Å²) in [6, 6.07) is 21.7. The van der Waals surface area contributed by atoms with E-state index < -0.39 is 0 Å². The van der Waals surface area contributed by atoms with Crippen molar-refractivity contribution in [2.75, 3.05) is 6.61 Å². The molecule has 158 valence electrons. The molecule has 2 heteroatoms. The van der Waals surface area contributed by atoms with Crippen LogP contribution < -0.4 is 4.74 Å². The minimum Gasteiger partial charge on any atom is -0.494 e. The van der Waals surface area contributed by atoms with Crippen molar-refractivity contribution in [3.05, 3.63) is 83.6 Å². The lowest BCUT2D eigenvalue weighted by Gasteiger charge is -2.07. The van der Waals surface area contributed by atoms with Crippen molar-refractivity contribution in [2.45, 2.75) is 65.2 Å². The predicted molar refractivity (Wildman–Crippen MR) is 127 cm³/mol. The van der Waals surface area contributed by atoms with Gasteiger partial charge in [-0.05, 0) is 79.1 Å². The van der Waals surface area contributed by atoms with Crippen LogP contribution in [0.4, 0.5) is 0 Å². The SMILES string of the molecule is CCCCCCc1ccc(CCc2ccc(-c3ccc(OCCC)cc3)nc2)cc1. The van der Waals surface area contributed by atoms with Crippen LogP contribution in [0.1, 0.15) is 62.6 Å². The highest BCUT2D eigenvalue weighted by molar-refractivity contribution is 5.60. The van der Waals surface area contributed by atoms with E-state index in [1.54, 1.807) is 0 Å². The van der Waals surface area contributed by atoms with Gasteiger partial charge in [0.25, 0.3) is 0 Å². The fourth-order valence-electron chi connectivity index (χ4n) is 3.60. The standard InChI is InChI=1S/C28H35NO/c1-3-5-6-7-8-23-9-11-24(12-10-23)13-14-25-15-20-28(29-22-25)26-16-18-27(19-17-26)30-21-4-2/h9-12,15-20,22H,3-8,13-14,21H2,1-2H3. The van der Waals surface area contributed by atoms with Crippen molar-refractivity contribution >= 4 is 0 Å². The first-order valence-electron chi connectivity index (χ1n) is 11.5. The molecule has 0 saturated heterocycles. The number of aryl methyl sites for hydroxylation is 3. The van der Waals surface area contributed by atoms with Crippen molar-refractivity contribution in [3.63, 3.8) is 0 Å². The molecule has 0 aliphatic rings. The lowest BCUT2D eigenvalue weighted by Crippen LogP contribution is -1.95. The van der Waals surface area contributed by atoms with E-state index >= 15 is 0 Å². The Balaban J connectivity index is 1.48. The maximum absolute atomic E-state index is 5.66. The van der Waals surface area contributed by atoms with Gasteiger partial charge in [-0.2, -0.15) is 0 Å². The Kier molecular flexibility index (Phi) is 8.96. The molecule has 30 heavy (non-hydrogen) atoms. The van der Waals surface area contributed by atoms with Crippen LogP contribution in [-0.2, 0) is 19.3 Å². The maximum Gasteiger partial charge on any atom is 0.119 e. The second-order valence-corrected chi connectivity index (χ2v) is 8.05. The molecule has 0 atom stereocenters. The zero-order valence-electron chi connectivity index (χ0n) is 18.6. The van der Waals surface area contributed by atoms with Crippen LogP contribution in [0, 0.1) is 0 Å². The predicted octanol–water partition coefficient (Wildman–Crippen LogP) is 7.45. The van der Waals surface area contributed by atoms with Crippen molar-refractivity contribution < 1.29 is 4.74 Å². The third-order valence-electron chi connectivity index (χ3n) is 5.49. The fourth-order valence-corrected chi connectivity index (χ4v) is 3.60. The molecule has 0 saturated carbocycles. The second-order valence-electron chi connectivity index (χ2n) is 8.05. The molecule has 0 aliphatic carbocycles. The van der Waals surface area contributed by atoms with E-state index in [1.807, 2.05) is 18.3 Å². The summed E-state index contributed by atoms with van der Waals surface area (Å²) in [5.74, 6) is 0.921. The third kappa shape index (κ3) is 7.02. The molecular weight excluding hydrogens is 366 g/mol. The molecular formula is C28H35NO. The van der Waals surface area contributed by atoms with Gasteiger partial charge in [0.05, 0.1) is 12.3 Å². The van der Waals surface area contributed by atoms with Crippen LogP contribution in [0.3, 0.4) is 0 Å². The monoisotopic (exact) mass is 401 g/mol. The zero-order chi connectivity index (χ0) is 21.0. The summed E-state index contributed by atoms with van der Waals surface area (Å²) in [5, 5.41) is 0. The number of hydrogen-bond donors (Lipinski definition) is 0. The van der Waals surface area contributed by atoms with E-state index in [-0.39, 0.29) is 0 Å². The molecule has 2 nitrogen and oxygen atoms in total. The zero-order valence-corrected chi connectivity index (χ0v) is 18.6. The molecule has 0 spiro atoms. The topological polar surface area (TPSA) is 22.1 Å². The molecule has 0 bridgehead atoms. The van der Waals surface area contributed by atoms with E-state index in [1.165, 1.54) is 48.8 Å². The Morgan fingerprint density at radius 1 is 0.633 bits per heavy atom. The van der Waals surface area contributed by atoms with Gasteiger partial charge >= 0.3 is 0 Å². The summed E-state index contributed by atoms with van der Waals surface area (Å²) >= 11 is 0. The highest BCUT2D eigenvalue weighted by Gasteiger charge is 2.02. The lowest BCUT2D eigenvalue weighted by atomic mass is 10.0. The van der Waals surface area contributed by atoms with Gasteiger partial charge in [0.2, 0.25) is 0 Å². The summed E-state index contributed by atoms with van der Waals surface area (Å²) in [5.41, 5.74) is 6.28. The van der Waals surface area contributed by atoms with E-state index in [0.717, 1.165) is 42.9 Å². The Labute approximate surface area is 182 Å². The lowest BCUT2D eigenvalue weighted by molar-refractivity contribution is 0.317. The summed E-state index contributed by atoms with van der Waals surface area (Å²) in [4.78, 5) is 4.68. The van der Waals surface area contributed by atoms with Crippen LogP contribution in [0.25, 0.3) is 11.3 Å². The van der Waals surface area contributed by atoms with Crippen molar-refractivity contribution in [2.24, 2.45) is 0 Å². The van der Waals surface area contributed by atoms with Crippen LogP contribution >= 0.6 is 0 Å². The molecule has 0 aliphatic heterocycles. The van der Waals surface area contributed by atoms with Crippen molar-refractivity contribution in [3.8, 4) is 17.0 Å². The number of aromatic nitrogens is 1. The van der Waals surface area contributed by atoms with E-state index in [4.69, 9.17) is 4.74 Å². The minimum atomic E-state index is 0.758. The molecule has 1 heterocycles. The third-order valence-corrected chi connectivity index (χ3v) is 5.49. The molecule has 0 fully saturated rings. The first-order valence-corrected chi connectivity index (χ1v) is 11.5. The molecule has 0 N–H and O–H groups in total. The number of pyridine rings is 1. The Hall–Kier alpha value is -2.61. The average Bonchev–Trinajstić information content (AvgIpc) is 2.81. The van der Waals surface area contributed by atoms with Gasteiger partial charge in [-0.25, -0.2) is 0 Å². The van der Waals surface area contributed by atoms with Crippen LogP contribution in [0.5, 0.6) is 5.75 Å². The van der Waals surface area contributed by atoms with Gasteiger partial charge < -0.3 is 4.74 Å². The number of hydrogen-bond acceptors (Lipinski definition) is 2. The number of nitrogens with zero attached hydrogens (tertiary/aromatic N) is 1.